The van der Waals surface area contributed by atoms with Gasteiger partial charge < -0.3 is 10.7 Å². The van der Waals surface area contributed by atoms with E-state index in [-0.39, 0.29) is 0 Å². The molecular formula is C17H26N2. The van der Waals surface area contributed by atoms with E-state index < -0.39 is 0 Å². The fourth-order valence-corrected chi connectivity index (χ4v) is 2.01. The molecule has 1 aromatic carbocycles. The third kappa shape index (κ3) is 6.23. The summed E-state index contributed by atoms with van der Waals surface area (Å²) in [6.45, 7) is 6.65. The SMILES string of the molecule is C=CCNc1ccccc1.CCCCC1CCC1=N. The van der Waals surface area contributed by atoms with E-state index in [1.54, 1.807) is 0 Å². The minimum absolute atomic E-state index is 0.685. The van der Waals surface area contributed by atoms with Crippen molar-refractivity contribution >= 4 is 11.4 Å². The maximum atomic E-state index is 7.37. The lowest BCUT2D eigenvalue weighted by molar-refractivity contribution is 0.488. The molecule has 1 saturated carbocycles. The summed E-state index contributed by atoms with van der Waals surface area (Å²) in [6.07, 6.45) is 8.08. The highest BCUT2D eigenvalue weighted by Gasteiger charge is 2.22. The first-order chi connectivity index (χ1) is 9.27. The molecule has 1 aliphatic carbocycles. The van der Waals surface area contributed by atoms with Crippen molar-refractivity contribution in [2.24, 2.45) is 5.92 Å². The Morgan fingerprint density at radius 3 is 2.58 bits per heavy atom. The Balaban J connectivity index is 0.000000191. The molecule has 2 nitrogen and oxygen atoms in total. The highest BCUT2D eigenvalue weighted by Crippen LogP contribution is 2.27. The van der Waals surface area contributed by atoms with Crippen LogP contribution in [0.4, 0.5) is 5.69 Å². The molecule has 0 heterocycles. The Labute approximate surface area is 117 Å². The highest BCUT2D eigenvalue weighted by atomic mass is 14.8. The molecule has 19 heavy (non-hydrogen) atoms. The van der Waals surface area contributed by atoms with Gasteiger partial charge in [-0.25, -0.2) is 0 Å². The fraction of sp³-hybridized carbons (Fsp3) is 0.471. The van der Waals surface area contributed by atoms with Crippen molar-refractivity contribution in [3.05, 3.63) is 43.0 Å². The number of para-hydroxylation sites is 1. The normalized spacial score (nSPS) is 16.9. The minimum Gasteiger partial charge on any atom is -0.382 e. The molecule has 1 unspecified atom stereocenters. The maximum absolute atomic E-state index is 7.37. The summed E-state index contributed by atoms with van der Waals surface area (Å²) in [6, 6.07) is 10.1. The molecule has 0 spiro atoms. The molecule has 1 atom stereocenters. The zero-order chi connectivity index (χ0) is 13.9. The first-order valence-electron chi connectivity index (χ1n) is 7.25. The molecule has 2 rings (SSSR count). The average Bonchev–Trinajstić information content (AvgIpc) is 2.46. The zero-order valence-electron chi connectivity index (χ0n) is 12.0. The molecule has 2 N–H and O–H groups in total. The number of hydrogen-bond acceptors (Lipinski definition) is 2. The van der Waals surface area contributed by atoms with Crippen molar-refractivity contribution in [2.45, 2.75) is 39.0 Å². The van der Waals surface area contributed by atoms with Crippen LogP contribution < -0.4 is 5.32 Å². The highest BCUT2D eigenvalue weighted by molar-refractivity contribution is 5.88. The second-order valence-electron chi connectivity index (χ2n) is 4.94. The molecule has 1 aliphatic rings. The van der Waals surface area contributed by atoms with Crippen LogP contribution in [0, 0.1) is 11.3 Å². The molecule has 0 saturated heterocycles. The largest absolute Gasteiger partial charge is 0.382 e. The molecule has 0 aromatic heterocycles. The van der Waals surface area contributed by atoms with Gasteiger partial charge in [0.25, 0.3) is 0 Å². The van der Waals surface area contributed by atoms with E-state index in [0.717, 1.165) is 24.4 Å². The van der Waals surface area contributed by atoms with Gasteiger partial charge in [-0.2, -0.15) is 0 Å². The summed E-state index contributed by atoms with van der Waals surface area (Å²) in [5, 5.41) is 10.5. The molecule has 0 amide bonds. The van der Waals surface area contributed by atoms with Crippen molar-refractivity contribution in [2.75, 3.05) is 11.9 Å². The van der Waals surface area contributed by atoms with Gasteiger partial charge in [0.2, 0.25) is 0 Å². The van der Waals surface area contributed by atoms with Crippen LogP contribution in [-0.2, 0) is 0 Å². The molecule has 104 valence electrons. The number of rotatable bonds is 6. The number of hydrogen-bond donors (Lipinski definition) is 2. The lowest BCUT2D eigenvalue weighted by Crippen LogP contribution is -2.24. The van der Waals surface area contributed by atoms with Crippen LogP contribution in [0.2, 0.25) is 0 Å². The lowest BCUT2D eigenvalue weighted by Gasteiger charge is -2.26. The zero-order valence-corrected chi connectivity index (χ0v) is 12.0. The van der Waals surface area contributed by atoms with E-state index in [9.17, 15) is 0 Å². The van der Waals surface area contributed by atoms with E-state index in [0.29, 0.717) is 5.92 Å². The van der Waals surface area contributed by atoms with Crippen LogP contribution >= 0.6 is 0 Å². The maximum Gasteiger partial charge on any atom is 0.0342 e. The summed E-state index contributed by atoms with van der Waals surface area (Å²) >= 11 is 0. The van der Waals surface area contributed by atoms with Gasteiger partial charge in [-0.3, -0.25) is 0 Å². The Kier molecular flexibility index (Phi) is 7.64. The average molecular weight is 258 g/mol. The molecule has 0 bridgehead atoms. The summed E-state index contributed by atoms with van der Waals surface area (Å²) in [7, 11) is 0. The molecule has 1 fully saturated rings. The van der Waals surface area contributed by atoms with E-state index in [1.807, 2.05) is 36.4 Å². The monoisotopic (exact) mass is 258 g/mol. The number of nitrogens with one attached hydrogen (secondary N) is 2. The Bertz CT molecular complexity index is 370. The van der Waals surface area contributed by atoms with E-state index in [2.05, 4.69) is 18.8 Å². The molecule has 0 aliphatic heterocycles. The van der Waals surface area contributed by atoms with Crippen LogP contribution in [0.5, 0.6) is 0 Å². The summed E-state index contributed by atoms with van der Waals surface area (Å²) in [4.78, 5) is 0. The van der Waals surface area contributed by atoms with Crippen molar-refractivity contribution < 1.29 is 0 Å². The summed E-state index contributed by atoms with van der Waals surface area (Å²) in [5.74, 6) is 0.685. The molecular weight excluding hydrogens is 232 g/mol. The predicted molar refractivity (Wildman–Crippen MR) is 85.1 cm³/mol. The molecule has 0 radical (unpaired) electrons. The van der Waals surface area contributed by atoms with Crippen molar-refractivity contribution in [3.63, 3.8) is 0 Å². The standard InChI is InChI=1S/C9H11N.C8H15N/c1-2-8-10-9-6-4-3-5-7-9;1-2-3-4-7-5-6-8(7)9/h2-7,10H,1,8H2;7,9H,2-6H2,1H3. The van der Waals surface area contributed by atoms with Gasteiger partial charge in [0.1, 0.15) is 0 Å². The van der Waals surface area contributed by atoms with Crippen molar-refractivity contribution in [3.8, 4) is 0 Å². The van der Waals surface area contributed by atoms with Crippen LogP contribution in [0.3, 0.4) is 0 Å². The van der Waals surface area contributed by atoms with Crippen LogP contribution in [0.25, 0.3) is 0 Å². The van der Waals surface area contributed by atoms with Gasteiger partial charge >= 0.3 is 0 Å². The van der Waals surface area contributed by atoms with Crippen molar-refractivity contribution in [1.82, 2.24) is 0 Å². The Hall–Kier alpha value is -1.57. The smallest absolute Gasteiger partial charge is 0.0342 e. The molecule has 1 aromatic rings. The first kappa shape index (κ1) is 15.5. The summed E-state index contributed by atoms with van der Waals surface area (Å²) < 4.78 is 0. The topological polar surface area (TPSA) is 35.9 Å². The Morgan fingerprint density at radius 1 is 1.37 bits per heavy atom. The predicted octanol–water partition coefficient (Wildman–Crippen LogP) is 4.89. The van der Waals surface area contributed by atoms with Crippen molar-refractivity contribution in [1.29, 1.82) is 5.41 Å². The number of anilines is 1. The Morgan fingerprint density at radius 2 is 2.11 bits per heavy atom. The quantitative estimate of drug-likeness (QED) is 0.700. The van der Waals surface area contributed by atoms with Crippen LogP contribution in [0.1, 0.15) is 39.0 Å². The van der Waals surface area contributed by atoms with E-state index in [4.69, 9.17) is 5.41 Å². The van der Waals surface area contributed by atoms with Gasteiger partial charge in [0, 0.05) is 17.9 Å². The minimum atomic E-state index is 0.685. The third-order valence-electron chi connectivity index (χ3n) is 3.39. The van der Waals surface area contributed by atoms with Gasteiger partial charge in [-0.15, -0.1) is 6.58 Å². The van der Waals surface area contributed by atoms with E-state index in [1.165, 1.54) is 25.7 Å². The summed E-state index contributed by atoms with van der Waals surface area (Å²) in [5.41, 5.74) is 2.14. The van der Waals surface area contributed by atoms with Gasteiger partial charge in [-0.05, 0) is 37.3 Å². The second-order valence-corrected chi connectivity index (χ2v) is 4.94. The third-order valence-corrected chi connectivity index (χ3v) is 3.39. The van der Waals surface area contributed by atoms with Crippen LogP contribution in [0.15, 0.2) is 43.0 Å². The lowest BCUT2D eigenvalue weighted by atomic mass is 9.80. The first-order valence-corrected chi connectivity index (χ1v) is 7.25. The van der Waals surface area contributed by atoms with Gasteiger partial charge in [0.15, 0.2) is 0 Å². The number of unbranched alkanes of at least 4 members (excludes halogenated alkanes) is 1. The second kappa shape index (κ2) is 9.37. The van der Waals surface area contributed by atoms with Gasteiger partial charge in [0.05, 0.1) is 0 Å². The van der Waals surface area contributed by atoms with Gasteiger partial charge in [-0.1, -0.05) is 44.0 Å². The van der Waals surface area contributed by atoms with E-state index >= 15 is 0 Å². The number of benzene rings is 1. The van der Waals surface area contributed by atoms with Crippen LogP contribution in [-0.4, -0.2) is 12.3 Å². The fourth-order valence-electron chi connectivity index (χ4n) is 2.01. The molecule has 2 heteroatoms.